The van der Waals surface area contributed by atoms with Crippen LogP contribution in [0, 0.1) is 6.07 Å². The largest absolute Gasteiger partial charge is 0.346 e. The van der Waals surface area contributed by atoms with Crippen molar-refractivity contribution < 1.29 is 0 Å². The van der Waals surface area contributed by atoms with Gasteiger partial charge in [-0.2, -0.15) is 5.10 Å². The van der Waals surface area contributed by atoms with E-state index in [1.54, 1.807) is 6.20 Å². The molecule has 0 aliphatic heterocycles. The lowest BCUT2D eigenvalue weighted by Crippen LogP contribution is -1.95. The highest BCUT2D eigenvalue weighted by atomic mass is 15.3. The van der Waals surface area contributed by atoms with E-state index in [1.165, 1.54) is 0 Å². The molecule has 0 atom stereocenters. The fraction of sp³-hybridized carbons (Fsp3) is 0. The van der Waals surface area contributed by atoms with Crippen LogP contribution in [0.3, 0.4) is 0 Å². The van der Waals surface area contributed by atoms with Crippen LogP contribution in [0.2, 0.25) is 0 Å². The number of benzene rings is 1. The second kappa shape index (κ2) is 4.35. The molecule has 3 heterocycles. The molecule has 1 radical (unpaired) electrons. The lowest BCUT2D eigenvalue weighted by molar-refractivity contribution is 0.886. The Labute approximate surface area is 115 Å². The topological polar surface area (TPSA) is 46.5 Å². The second-order valence-electron chi connectivity index (χ2n) is 4.54. The third-order valence-electron chi connectivity index (χ3n) is 3.31. The van der Waals surface area contributed by atoms with E-state index in [4.69, 9.17) is 0 Å². The van der Waals surface area contributed by atoms with Crippen molar-refractivity contribution in [1.29, 1.82) is 0 Å². The van der Waals surface area contributed by atoms with Crippen LogP contribution in [-0.2, 0) is 0 Å². The Morgan fingerprint density at radius 3 is 3.05 bits per heavy atom. The molecule has 4 aromatic rings. The molecule has 4 rings (SSSR count). The molecule has 0 aliphatic carbocycles. The molecule has 3 aromatic heterocycles. The van der Waals surface area contributed by atoms with Crippen molar-refractivity contribution >= 4 is 11.0 Å². The summed E-state index contributed by atoms with van der Waals surface area (Å²) in [6.07, 6.45) is 7.55. The van der Waals surface area contributed by atoms with Gasteiger partial charge in [0.15, 0.2) is 0 Å². The Morgan fingerprint density at radius 1 is 1.15 bits per heavy atom. The number of aromatic nitrogens is 4. The van der Waals surface area contributed by atoms with Crippen molar-refractivity contribution in [2.24, 2.45) is 0 Å². The number of nitrogens with one attached hydrogen (secondary N) is 1. The molecule has 4 heteroatoms. The first-order valence-electron chi connectivity index (χ1n) is 6.35. The Kier molecular flexibility index (Phi) is 2.39. The van der Waals surface area contributed by atoms with Crippen molar-refractivity contribution in [3.05, 3.63) is 67.3 Å². The number of rotatable bonds is 2. The molecular weight excluding hydrogens is 248 g/mol. The van der Waals surface area contributed by atoms with Crippen molar-refractivity contribution in [3.8, 4) is 16.8 Å². The summed E-state index contributed by atoms with van der Waals surface area (Å²) in [5.41, 5.74) is 4.07. The van der Waals surface area contributed by atoms with E-state index in [-0.39, 0.29) is 0 Å². The summed E-state index contributed by atoms with van der Waals surface area (Å²) in [7, 11) is 0. The zero-order valence-corrected chi connectivity index (χ0v) is 10.6. The summed E-state index contributed by atoms with van der Waals surface area (Å²) in [6.45, 7) is 0. The van der Waals surface area contributed by atoms with Gasteiger partial charge in [-0.1, -0.05) is 18.2 Å². The van der Waals surface area contributed by atoms with Crippen molar-refractivity contribution in [1.82, 2.24) is 19.7 Å². The Morgan fingerprint density at radius 2 is 2.15 bits per heavy atom. The highest BCUT2D eigenvalue weighted by molar-refractivity contribution is 5.84. The van der Waals surface area contributed by atoms with Gasteiger partial charge in [0.1, 0.15) is 5.65 Å². The van der Waals surface area contributed by atoms with Crippen LogP contribution in [0.25, 0.3) is 27.8 Å². The maximum atomic E-state index is 4.45. The molecule has 0 saturated carbocycles. The van der Waals surface area contributed by atoms with Gasteiger partial charge in [0.05, 0.1) is 11.9 Å². The van der Waals surface area contributed by atoms with Crippen LogP contribution in [-0.4, -0.2) is 19.7 Å². The van der Waals surface area contributed by atoms with Gasteiger partial charge < -0.3 is 4.98 Å². The van der Waals surface area contributed by atoms with E-state index in [1.807, 2.05) is 53.6 Å². The van der Waals surface area contributed by atoms with Gasteiger partial charge in [0.25, 0.3) is 0 Å². The lowest BCUT2D eigenvalue weighted by Gasteiger charge is -2.02. The molecule has 4 nitrogen and oxygen atoms in total. The van der Waals surface area contributed by atoms with Gasteiger partial charge in [0.2, 0.25) is 0 Å². The van der Waals surface area contributed by atoms with E-state index in [0.717, 1.165) is 27.8 Å². The quantitative estimate of drug-likeness (QED) is 0.601. The minimum absolute atomic E-state index is 0.868. The van der Waals surface area contributed by atoms with E-state index >= 15 is 0 Å². The predicted octanol–water partition coefficient (Wildman–Crippen LogP) is 3.22. The summed E-state index contributed by atoms with van der Waals surface area (Å²) in [5, 5.41) is 5.51. The number of aromatic amines is 1. The third kappa shape index (κ3) is 1.70. The first-order chi connectivity index (χ1) is 9.92. The highest BCUT2D eigenvalue weighted by Gasteiger charge is 2.07. The molecule has 95 valence electrons. The number of nitrogens with zero attached hydrogens (tertiary/aromatic N) is 3. The maximum absolute atomic E-state index is 4.45. The van der Waals surface area contributed by atoms with Crippen LogP contribution >= 0.6 is 0 Å². The maximum Gasteiger partial charge on any atom is 0.139 e. The molecular formula is C16H11N4. The van der Waals surface area contributed by atoms with Gasteiger partial charge >= 0.3 is 0 Å². The van der Waals surface area contributed by atoms with Crippen molar-refractivity contribution in [2.45, 2.75) is 0 Å². The molecule has 0 saturated heterocycles. The van der Waals surface area contributed by atoms with Crippen LogP contribution in [0.1, 0.15) is 0 Å². The first kappa shape index (κ1) is 11.0. The predicted molar refractivity (Wildman–Crippen MR) is 77.5 cm³/mol. The zero-order valence-electron chi connectivity index (χ0n) is 10.6. The Bertz CT molecular complexity index is 858. The van der Waals surface area contributed by atoms with Crippen LogP contribution in [0.15, 0.2) is 61.2 Å². The summed E-state index contributed by atoms with van der Waals surface area (Å²) in [6, 6.07) is 14.9. The standard InChI is InChI=1S/C16H11N4/c1-2-4-12(5-3-1)13-10-19-20(11-13)15-7-9-18-16-14(15)6-8-17-16/h1-2,4-11H,(H,17,18). The average molecular weight is 259 g/mol. The van der Waals surface area contributed by atoms with Gasteiger partial charge in [-0.15, -0.1) is 0 Å². The van der Waals surface area contributed by atoms with E-state index in [2.05, 4.69) is 27.2 Å². The molecule has 0 fully saturated rings. The fourth-order valence-corrected chi connectivity index (χ4v) is 2.32. The average Bonchev–Trinajstić information content (AvgIpc) is 3.17. The smallest absolute Gasteiger partial charge is 0.139 e. The number of H-pyrrole nitrogens is 1. The van der Waals surface area contributed by atoms with Crippen molar-refractivity contribution in [3.63, 3.8) is 0 Å². The molecule has 20 heavy (non-hydrogen) atoms. The van der Waals surface area contributed by atoms with Crippen molar-refractivity contribution in [2.75, 3.05) is 0 Å². The number of fused-ring (bicyclic) bond motifs is 1. The van der Waals surface area contributed by atoms with Crippen LogP contribution in [0.5, 0.6) is 0 Å². The summed E-state index contributed by atoms with van der Waals surface area (Å²) in [4.78, 5) is 7.40. The SMILES string of the molecule is [c]1cccc(-c2cnn(-c3ccnc4[nH]ccc34)c2)c1. The second-order valence-corrected chi connectivity index (χ2v) is 4.54. The molecule has 0 aliphatic rings. The number of hydrogen-bond donors (Lipinski definition) is 1. The minimum Gasteiger partial charge on any atom is -0.346 e. The first-order valence-corrected chi connectivity index (χ1v) is 6.35. The Hall–Kier alpha value is -2.88. The summed E-state index contributed by atoms with van der Waals surface area (Å²) >= 11 is 0. The van der Waals surface area contributed by atoms with E-state index in [0.29, 0.717) is 0 Å². The molecule has 0 unspecified atom stereocenters. The lowest BCUT2D eigenvalue weighted by atomic mass is 10.1. The van der Waals surface area contributed by atoms with Crippen LogP contribution < -0.4 is 0 Å². The minimum atomic E-state index is 0.868. The molecule has 1 N–H and O–H groups in total. The van der Waals surface area contributed by atoms with E-state index < -0.39 is 0 Å². The summed E-state index contributed by atoms with van der Waals surface area (Å²) < 4.78 is 1.88. The molecule has 0 spiro atoms. The monoisotopic (exact) mass is 259 g/mol. The van der Waals surface area contributed by atoms with Gasteiger partial charge in [-0.05, 0) is 29.8 Å². The Balaban J connectivity index is 1.84. The normalized spacial score (nSPS) is 11.0. The summed E-state index contributed by atoms with van der Waals surface area (Å²) in [5.74, 6) is 0. The van der Waals surface area contributed by atoms with Crippen LogP contribution in [0.4, 0.5) is 0 Å². The van der Waals surface area contributed by atoms with Gasteiger partial charge in [0, 0.05) is 29.5 Å². The number of hydrogen-bond acceptors (Lipinski definition) is 2. The highest BCUT2D eigenvalue weighted by Crippen LogP contribution is 2.23. The van der Waals surface area contributed by atoms with E-state index in [9.17, 15) is 0 Å². The third-order valence-corrected chi connectivity index (χ3v) is 3.31. The fourth-order valence-electron chi connectivity index (χ4n) is 2.32. The van der Waals surface area contributed by atoms with Gasteiger partial charge in [-0.3, -0.25) is 0 Å². The molecule has 0 amide bonds. The molecule has 1 aromatic carbocycles. The number of pyridine rings is 1. The zero-order chi connectivity index (χ0) is 13.4. The molecule has 0 bridgehead atoms. The van der Waals surface area contributed by atoms with Gasteiger partial charge in [-0.25, -0.2) is 9.67 Å².